The molecule has 222 valence electrons. The number of nitrogens with two attached hydrogens (primary N) is 2. The van der Waals surface area contributed by atoms with Gasteiger partial charge >= 0.3 is 23.9 Å². The standard InChI is InChI=1S/C23H45N5O8S2/c1-12-22(27(8)9,28(10)11)26-23(25,17(32)33)14(15(29)35-19(2,3)4)38-37-13-21(24,16(30)31)18(34)36-20(5,6)7/h14,26H,12-13,24-25H2,1-11H3,(H,30,31)(H,32,33). The lowest BCUT2D eigenvalue weighted by Crippen LogP contribution is -2.79. The Balaban J connectivity index is 6.50. The van der Waals surface area contributed by atoms with Crippen LogP contribution in [0.3, 0.4) is 0 Å². The average Bonchev–Trinajstić information content (AvgIpc) is 2.71. The van der Waals surface area contributed by atoms with Crippen molar-refractivity contribution in [1.82, 2.24) is 15.1 Å². The van der Waals surface area contributed by atoms with Gasteiger partial charge in [0.2, 0.25) is 5.54 Å². The fourth-order valence-electron chi connectivity index (χ4n) is 3.34. The van der Waals surface area contributed by atoms with Crippen molar-refractivity contribution in [2.75, 3.05) is 33.9 Å². The molecule has 0 saturated heterocycles. The minimum absolute atomic E-state index is 0.363. The van der Waals surface area contributed by atoms with Crippen LogP contribution < -0.4 is 16.8 Å². The van der Waals surface area contributed by atoms with Gasteiger partial charge in [0.1, 0.15) is 17.0 Å². The van der Waals surface area contributed by atoms with E-state index in [1.54, 1.807) is 79.5 Å². The smallest absolute Gasteiger partial charge is 0.340 e. The molecule has 0 fully saturated rings. The van der Waals surface area contributed by atoms with Crippen LogP contribution in [0, 0.1) is 0 Å². The van der Waals surface area contributed by atoms with E-state index in [1.807, 2.05) is 6.92 Å². The zero-order valence-corrected chi connectivity index (χ0v) is 25.8. The van der Waals surface area contributed by atoms with E-state index >= 15 is 0 Å². The number of aliphatic carboxylic acids is 2. The molecular formula is C23H45N5O8S2. The number of hydrogen-bond acceptors (Lipinski definition) is 13. The van der Waals surface area contributed by atoms with Crippen LogP contribution in [-0.4, -0.2) is 111 Å². The number of hydrogen-bond donors (Lipinski definition) is 5. The molecule has 0 aromatic rings. The van der Waals surface area contributed by atoms with Crippen molar-refractivity contribution in [3.8, 4) is 0 Å². The molecule has 0 spiro atoms. The topological polar surface area (TPSA) is 198 Å². The van der Waals surface area contributed by atoms with E-state index in [2.05, 4.69) is 5.32 Å². The van der Waals surface area contributed by atoms with Crippen LogP contribution in [0.2, 0.25) is 0 Å². The molecule has 0 aromatic heterocycles. The van der Waals surface area contributed by atoms with Gasteiger partial charge in [-0.15, -0.1) is 0 Å². The molecule has 3 unspecified atom stereocenters. The number of ether oxygens (including phenoxy) is 2. The van der Waals surface area contributed by atoms with E-state index in [-0.39, 0.29) is 0 Å². The number of carbonyl (C=O) groups is 4. The Hall–Kier alpha value is -1.62. The van der Waals surface area contributed by atoms with Crippen molar-refractivity contribution in [3.63, 3.8) is 0 Å². The molecule has 0 radical (unpaired) electrons. The van der Waals surface area contributed by atoms with Crippen molar-refractivity contribution in [2.45, 2.75) is 88.3 Å². The molecule has 0 aromatic carbocycles. The van der Waals surface area contributed by atoms with Crippen LogP contribution in [-0.2, 0) is 28.7 Å². The summed E-state index contributed by atoms with van der Waals surface area (Å²) in [6, 6.07) is 0. The monoisotopic (exact) mass is 583 g/mol. The van der Waals surface area contributed by atoms with E-state index < -0.39 is 63.1 Å². The van der Waals surface area contributed by atoms with Gasteiger partial charge < -0.3 is 31.2 Å². The second-order valence-corrected chi connectivity index (χ2v) is 13.8. The lowest BCUT2D eigenvalue weighted by Gasteiger charge is -2.50. The van der Waals surface area contributed by atoms with Crippen LogP contribution in [0.1, 0.15) is 54.9 Å². The summed E-state index contributed by atoms with van der Waals surface area (Å²) >= 11 is 0. The van der Waals surface area contributed by atoms with Crippen molar-refractivity contribution < 1.29 is 38.9 Å². The summed E-state index contributed by atoms with van der Waals surface area (Å²) in [6.45, 7) is 11.3. The summed E-state index contributed by atoms with van der Waals surface area (Å²) in [5.74, 6) is -6.99. The van der Waals surface area contributed by atoms with Crippen molar-refractivity contribution in [2.24, 2.45) is 11.5 Å². The van der Waals surface area contributed by atoms with Crippen LogP contribution in [0.5, 0.6) is 0 Å². The molecular weight excluding hydrogens is 538 g/mol. The maximum Gasteiger partial charge on any atom is 0.340 e. The number of nitrogens with zero attached hydrogens (tertiary/aromatic N) is 2. The van der Waals surface area contributed by atoms with Gasteiger partial charge in [-0.1, -0.05) is 28.5 Å². The molecule has 0 amide bonds. The Bertz CT molecular complexity index is 867. The molecule has 7 N–H and O–H groups in total. The van der Waals surface area contributed by atoms with Gasteiger partial charge in [0.05, 0.1) is 0 Å². The highest BCUT2D eigenvalue weighted by Gasteiger charge is 2.55. The molecule has 13 nitrogen and oxygen atoms in total. The van der Waals surface area contributed by atoms with E-state index in [0.29, 0.717) is 28.0 Å². The van der Waals surface area contributed by atoms with Crippen LogP contribution in [0.4, 0.5) is 0 Å². The first kappa shape index (κ1) is 36.4. The largest absolute Gasteiger partial charge is 0.479 e. The Morgan fingerprint density at radius 2 is 1.32 bits per heavy atom. The summed E-state index contributed by atoms with van der Waals surface area (Å²) in [5.41, 5.74) is 5.51. The number of rotatable bonds is 14. The first-order valence-electron chi connectivity index (χ1n) is 11.8. The molecule has 0 heterocycles. The number of carbonyl (C=O) groups excluding carboxylic acids is 2. The second-order valence-electron chi connectivity index (χ2n) is 11.3. The molecule has 38 heavy (non-hydrogen) atoms. The van der Waals surface area contributed by atoms with Crippen LogP contribution in [0.15, 0.2) is 0 Å². The molecule has 3 atom stereocenters. The SMILES string of the molecule is CCC(NC(N)(C(=O)O)C(SSCC(N)(C(=O)O)C(=O)OC(C)(C)C)C(=O)OC(C)(C)C)(N(C)C)N(C)C. The lowest BCUT2D eigenvalue weighted by molar-refractivity contribution is -0.167. The van der Waals surface area contributed by atoms with E-state index in [4.69, 9.17) is 20.9 Å². The first-order valence-corrected chi connectivity index (χ1v) is 14.2. The third-order valence-electron chi connectivity index (χ3n) is 5.36. The van der Waals surface area contributed by atoms with Gasteiger partial charge in [0.15, 0.2) is 10.9 Å². The average molecular weight is 584 g/mol. The Labute approximate surface area is 233 Å². The molecule has 0 aliphatic heterocycles. The first-order chi connectivity index (χ1) is 16.9. The van der Waals surface area contributed by atoms with Crippen LogP contribution >= 0.6 is 21.6 Å². The molecule has 0 aliphatic rings. The second kappa shape index (κ2) is 13.2. The highest BCUT2D eigenvalue weighted by Crippen LogP contribution is 2.37. The maximum atomic E-state index is 13.3. The summed E-state index contributed by atoms with van der Waals surface area (Å²) < 4.78 is 10.7. The van der Waals surface area contributed by atoms with E-state index in [0.717, 1.165) is 0 Å². The molecule has 0 saturated carbocycles. The predicted molar refractivity (Wildman–Crippen MR) is 148 cm³/mol. The van der Waals surface area contributed by atoms with Gasteiger partial charge in [-0.25, -0.2) is 14.4 Å². The maximum absolute atomic E-state index is 13.3. The number of esters is 2. The van der Waals surface area contributed by atoms with Gasteiger partial charge in [-0.05, 0) is 76.2 Å². The van der Waals surface area contributed by atoms with Gasteiger partial charge in [0, 0.05) is 5.75 Å². The number of carboxylic acids is 2. The van der Waals surface area contributed by atoms with E-state index in [1.165, 1.54) is 0 Å². The Kier molecular flexibility index (Phi) is 12.6. The minimum atomic E-state index is -2.47. The Morgan fingerprint density at radius 3 is 1.63 bits per heavy atom. The summed E-state index contributed by atoms with van der Waals surface area (Å²) in [7, 11) is 8.23. The number of nitrogens with one attached hydrogen (secondary N) is 1. The quantitative estimate of drug-likeness (QED) is 0.0829. The van der Waals surface area contributed by atoms with Gasteiger partial charge in [-0.3, -0.25) is 19.9 Å². The highest BCUT2D eigenvalue weighted by atomic mass is 33.1. The predicted octanol–water partition coefficient (Wildman–Crippen LogP) is 0.718. The zero-order chi connectivity index (χ0) is 30.5. The van der Waals surface area contributed by atoms with Crippen molar-refractivity contribution in [3.05, 3.63) is 0 Å². The molecule has 0 aliphatic carbocycles. The van der Waals surface area contributed by atoms with Crippen molar-refractivity contribution in [1.29, 1.82) is 0 Å². The normalized spacial score (nSPS) is 16.9. The van der Waals surface area contributed by atoms with Gasteiger partial charge in [0.25, 0.3) is 0 Å². The van der Waals surface area contributed by atoms with Crippen LogP contribution in [0.25, 0.3) is 0 Å². The van der Waals surface area contributed by atoms with E-state index in [9.17, 15) is 29.4 Å². The zero-order valence-electron chi connectivity index (χ0n) is 24.2. The molecule has 0 rings (SSSR count). The van der Waals surface area contributed by atoms with Crippen molar-refractivity contribution >= 4 is 45.5 Å². The lowest BCUT2D eigenvalue weighted by atomic mass is 10.0. The third-order valence-corrected chi connectivity index (χ3v) is 8.17. The highest BCUT2D eigenvalue weighted by molar-refractivity contribution is 8.77. The molecule has 15 heteroatoms. The Morgan fingerprint density at radius 1 is 0.868 bits per heavy atom. The summed E-state index contributed by atoms with van der Waals surface area (Å²) in [6.07, 6.45) is 0.363. The third kappa shape index (κ3) is 9.24. The van der Waals surface area contributed by atoms with Gasteiger partial charge in [-0.2, -0.15) is 0 Å². The fourth-order valence-corrected chi connectivity index (χ4v) is 6.27. The summed E-state index contributed by atoms with van der Waals surface area (Å²) in [4.78, 5) is 54.0. The fraction of sp³-hybridized carbons (Fsp3) is 0.826. The molecule has 0 bridgehead atoms. The minimum Gasteiger partial charge on any atom is -0.479 e. The number of carboxylic acid groups (broad SMARTS) is 2. The summed E-state index contributed by atoms with van der Waals surface area (Å²) in [5, 5.41) is 21.3.